The molecule has 1 aromatic carbocycles. The molecule has 0 fully saturated rings. The number of rotatable bonds is 5. The third-order valence-electron chi connectivity index (χ3n) is 3.29. The minimum absolute atomic E-state index is 0.0494. The van der Waals surface area contributed by atoms with Gasteiger partial charge in [0.1, 0.15) is 5.01 Å². The standard InChI is InChI=1S/C14H17N5S/c1-2-12-16-17-14-19(12)18-13(20-14)11(15)9-8-10-6-4-3-5-7-10/h3-7,11H,2,8-9,15H2,1H3. The van der Waals surface area contributed by atoms with Crippen LogP contribution in [0.25, 0.3) is 4.96 Å². The number of benzene rings is 1. The number of hydrogen-bond donors (Lipinski definition) is 1. The number of nitrogens with two attached hydrogens (primary N) is 1. The van der Waals surface area contributed by atoms with E-state index in [1.807, 2.05) is 17.5 Å². The van der Waals surface area contributed by atoms with Crippen LogP contribution in [0.1, 0.15) is 35.8 Å². The molecule has 2 aromatic heterocycles. The zero-order valence-corrected chi connectivity index (χ0v) is 12.2. The minimum Gasteiger partial charge on any atom is -0.322 e. The summed E-state index contributed by atoms with van der Waals surface area (Å²) in [6.07, 6.45) is 2.67. The molecule has 0 saturated heterocycles. The van der Waals surface area contributed by atoms with Crippen LogP contribution in [0.15, 0.2) is 30.3 Å². The van der Waals surface area contributed by atoms with Crippen molar-refractivity contribution in [1.82, 2.24) is 19.8 Å². The molecule has 1 atom stereocenters. The quantitative estimate of drug-likeness (QED) is 0.782. The van der Waals surface area contributed by atoms with Crippen molar-refractivity contribution in [3.63, 3.8) is 0 Å². The molecular formula is C14H17N5S. The van der Waals surface area contributed by atoms with Crippen LogP contribution in [-0.2, 0) is 12.8 Å². The van der Waals surface area contributed by atoms with E-state index in [9.17, 15) is 0 Å². The average molecular weight is 287 g/mol. The summed E-state index contributed by atoms with van der Waals surface area (Å²) in [6.45, 7) is 2.05. The lowest BCUT2D eigenvalue weighted by molar-refractivity contribution is 0.631. The maximum atomic E-state index is 6.24. The van der Waals surface area contributed by atoms with Gasteiger partial charge in [-0.1, -0.05) is 48.6 Å². The van der Waals surface area contributed by atoms with Crippen molar-refractivity contribution in [2.45, 2.75) is 32.2 Å². The number of aryl methyl sites for hydroxylation is 2. The summed E-state index contributed by atoms with van der Waals surface area (Å²) in [7, 11) is 0. The van der Waals surface area contributed by atoms with Gasteiger partial charge in [0, 0.05) is 6.42 Å². The fraction of sp³-hybridized carbons (Fsp3) is 0.357. The zero-order valence-electron chi connectivity index (χ0n) is 11.4. The van der Waals surface area contributed by atoms with Crippen LogP contribution in [0.3, 0.4) is 0 Å². The number of fused-ring (bicyclic) bond motifs is 1. The second-order valence-corrected chi connectivity index (χ2v) is 5.72. The number of aromatic nitrogens is 4. The van der Waals surface area contributed by atoms with Crippen LogP contribution < -0.4 is 5.73 Å². The van der Waals surface area contributed by atoms with Crippen molar-refractivity contribution in [3.8, 4) is 0 Å². The molecule has 2 N–H and O–H groups in total. The fourth-order valence-corrected chi connectivity index (χ4v) is 3.03. The Bertz CT molecular complexity index is 688. The average Bonchev–Trinajstić information content (AvgIpc) is 3.05. The molecule has 0 radical (unpaired) electrons. The van der Waals surface area contributed by atoms with Crippen LogP contribution in [-0.4, -0.2) is 19.8 Å². The van der Waals surface area contributed by atoms with Gasteiger partial charge in [-0.15, -0.1) is 10.2 Å². The SMILES string of the molecule is CCc1nnc2sc(C(N)CCc3ccccc3)nn12. The second-order valence-electron chi connectivity index (χ2n) is 4.74. The van der Waals surface area contributed by atoms with E-state index in [-0.39, 0.29) is 6.04 Å². The van der Waals surface area contributed by atoms with E-state index >= 15 is 0 Å². The van der Waals surface area contributed by atoms with Crippen molar-refractivity contribution >= 4 is 16.3 Å². The van der Waals surface area contributed by atoms with E-state index in [4.69, 9.17) is 5.73 Å². The fourth-order valence-electron chi connectivity index (χ4n) is 2.13. The lowest BCUT2D eigenvalue weighted by atomic mass is 10.1. The van der Waals surface area contributed by atoms with Crippen LogP contribution in [0.5, 0.6) is 0 Å². The highest BCUT2D eigenvalue weighted by atomic mass is 32.1. The predicted molar refractivity (Wildman–Crippen MR) is 79.7 cm³/mol. The highest BCUT2D eigenvalue weighted by molar-refractivity contribution is 7.16. The molecular weight excluding hydrogens is 270 g/mol. The van der Waals surface area contributed by atoms with Crippen molar-refractivity contribution in [2.75, 3.05) is 0 Å². The second kappa shape index (κ2) is 5.68. The molecule has 0 amide bonds. The van der Waals surface area contributed by atoms with E-state index in [2.05, 4.69) is 39.6 Å². The normalized spacial score (nSPS) is 12.9. The van der Waals surface area contributed by atoms with Crippen molar-refractivity contribution in [3.05, 3.63) is 46.7 Å². The molecule has 0 bridgehead atoms. The maximum Gasteiger partial charge on any atom is 0.234 e. The van der Waals surface area contributed by atoms with E-state index < -0.39 is 0 Å². The lowest BCUT2D eigenvalue weighted by Crippen LogP contribution is -2.11. The molecule has 20 heavy (non-hydrogen) atoms. The monoisotopic (exact) mass is 287 g/mol. The van der Waals surface area contributed by atoms with Crippen molar-refractivity contribution in [1.29, 1.82) is 0 Å². The molecule has 1 unspecified atom stereocenters. The van der Waals surface area contributed by atoms with Gasteiger partial charge < -0.3 is 5.73 Å². The summed E-state index contributed by atoms with van der Waals surface area (Å²) in [6, 6.07) is 10.3. The van der Waals surface area contributed by atoms with Gasteiger partial charge in [0.15, 0.2) is 5.82 Å². The first kappa shape index (κ1) is 13.2. The Morgan fingerprint density at radius 2 is 2.05 bits per heavy atom. The summed E-state index contributed by atoms with van der Waals surface area (Å²) in [5, 5.41) is 13.7. The predicted octanol–water partition coefficient (Wildman–Crippen LogP) is 2.38. The first-order valence-electron chi connectivity index (χ1n) is 6.78. The highest BCUT2D eigenvalue weighted by Gasteiger charge is 2.15. The van der Waals surface area contributed by atoms with Gasteiger partial charge >= 0.3 is 0 Å². The zero-order chi connectivity index (χ0) is 13.9. The Balaban J connectivity index is 1.72. The Hall–Kier alpha value is -1.79. The first-order chi connectivity index (χ1) is 9.78. The summed E-state index contributed by atoms with van der Waals surface area (Å²) in [5.41, 5.74) is 7.55. The number of nitrogens with zero attached hydrogens (tertiary/aromatic N) is 4. The van der Waals surface area contributed by atoms with Gasteiger partial charge in [-0.2, -0.15) is 9.61 Å². The smallest absolute Gasteiger partial charge is 0.234 e. The Morgan fingerprint density at radius 1 is 1.25 bits per heavy atom. The lowest BCUT2D eigenvalue weighted by Gasteiger charge is -2.07. The Kier molecular flexibility index (Phi) is 3.75. The molecule has 0 spiro atoms. The Labute approximate surface area is 121 Å². The van der Waals surface area contributed by atoms with Crippen LogP contribution >= 0.6 is 11.3 Å². The molecule has 104 valence electrons. The topological polar surface area (TPSA) is 69.1 Å². The minimum atomic E-state index is -0.0494. The van der Waals surface area contributed by atoms with Gasteiger partial charge in [-0.3, -0.25) is 0 Å². The van der Waals surface area contributed by atoms with Gasteiger partial charge in [0.05, 0.1) is 6.04 Å². The van der Waals surface area contributed by atoms with Crippen molar-refractivity contribution < 1.29 is 0 Å². The van der Waals surface area contributed by atoms with Crippen molar-refractivity contribution in [2.24, 2.45) is 5.73 Å². The summed E-state index contributed by atoms with van der Waals surface area (Å²) in [4.78, 5) is 0.826. The van der Waals surface area contributed by atoms with E-state index in [0.717, 1.165) is 35.1 Å². The molecule has 5 nitrogen and oxygen atoms in total. The molecule has 3 rings (SSSR count). The summed E-state index contributed by atoms with van der Waals surface area (Å²) >= 11 is 1.53. The highest BCUT2D eigenvalue weighted by Crippen LogP contribution is 2.22. The van der Waals surface area contributed by atoms with Gasteiger partial charge in [0.2, 0.25) is 4.96 Å². The molecule has 0 saturated carbocycles. The molecule has 3 aromatic rings. The maximum absolute atomic E-state index is 6.24. The van der Waals surface area contributed by atoms with E-state index in [1.54, 1.807) is 0 Å². The molecule has 0 aliphatic carbocycles. The summed E-state index contributed by atoms with van der Waals surface area (Å²) in [5.74, 6) is 0.887. The summed E-state index contributed by atoms with van der Waals surface area (Å²) < 4.78 is 1.81. The van der Waals surface area contributed by atoms with E-state index in [0.29, 0.717) is 0 Å². The third-order valence-corrected chi connectivity index (χ3v) is 4.32. The molecule has 6 heteroatoms. The van der Waals surface area contributed by atoms with Crippen LogP contribution in [0.2, 0.25) is 0 Å². The molecule has 0 aliphatic heterocycles. The van der Waals surface area contributed by atoms with Crippen LogP contribution in [0.4, 0.5) is 0 Å². The molecule has 0 aliphatic rings. The Morgan fingerprint density at radius 3 is 2.80 bits per heavy atom. The van der Waals surface area contributed by atoms with Gasteiger partial charge in [-0.05, 0) is 18.4 Å². The number of hydrogen-bond acceptors (Lipinski definition) is 5. The van der Waals surface area contributed by atoms with Gasteiger partial charge in [0.25, 0.3) is 0 Å². The first-order valence-corrected chi connectivity index (χ1v) is 7.60. The van der Waals surface area contributed by atoms with E-state index in [1.165, 1.54) is 16.9 Å². The molecule has 2 heterocycles. The van der Waals surface area contributed by atoms with Crippen LogP contribution in [0, 0.1) is 0 Å². The largest absolute Gasteiger partial charge is 0.322 e. The van der Waals surface area contributed by atoms with Gasteiger partial charge in [-0.25, -0.2) is 0 Å². The third kappa shape index (κ3) is 2.57.